The van der Waals surface area contributed by atoms with Gasteiger partial charge in [-0.25, -0.2) is 9.18 Å². The number of hydrogen-bond acceptors (Lipinski definition) is 5. The van der Waals surface area contributed by atoms with E-state index in [1.54, 1.807) is 58.8 Å². The highest BCUT2D eigenvalue weighted by atomic mass is 19.1. The van der Waals surface area contributed by atoms with Gasteiger partial charge in [-0.3, -0.25) is 14.1 Å². The van der Waals surface area contributed by atoms with E-state index in [2.05, 4.69) is 20.4 Å². The van der Waals surface area contributed by atoms with Gasteiger partial charge in [0.25, 0.3) is 5.91 Å². The molecule has 10 heteroatoms. The summed E-state index contributed by atoms with van der Waals surface area (Å²) >= 11 is 0. The molecule has 3 heterocycles. The zero-order chi connectivity index (χ0) is 22.8. The number of nitrogens with zero attached hydrogens (tertiary/aromatic N) is 6. The molecule has 32 heavy (non-hydrogen) atoms. The number of rotatable bonds is 4. The van der Waals surface area contributed by atoms with E-state index in [9.17, 15) is 14.0 Å². The summed E-state index contributed by atoms with van der Waals surface area (Å²) in [5.74, 6) is 0.0430. The van der Waals surface area contributed by atoms with Crippen LogP contribution in [0, 0.1) is 5.82 Å². The Morgan fingerprint density at radius 1 is 1.19 bits per heavy atom. The molecule has 1 N–H and O–H groups in total. The number of benzene rings is 1. The summed E-state index contributed by atoms with van der Waals surface area (Å²) in [6, 6.07) is 9.33. The van der Waals surface area contributed by atoms with Gasteiger partial charge < -0.3 is 15.1 Å². The number of nitrogens with one attached hydrogen (secondary N) is 1. The number of hydrogen-bond donors (Lipinski definition) is 1. The Balaban J connectivity index is 1.55. The minimum Gasteiger partial charge on any atom is -0.348 e. The van der Waals surface area contributed by atoms with E-state index in [1.807, 2.05) is 7.05 Å². The SMILES string of the molecule is CN(C)C(=O)N1CCN(C)C(c2nnc3ccc(C(=O)NCc4cccc(F)c4)cn23)C1. The Morgan fingerprint density at radius 3 is 2.75 bits per heavy atom. The monoisotopic (exact) mass is 439 g/mol. The highest BCUT2D eigenvalue weighted by Crippen LogP contribution is 2.24. The molecule has 1 atom stereocenters. The molecule has 3 amide bonds. The number of carbonyl (C=O) groups is 2. The number of halogens is 1. The molecular formula is C22H26FN7O2. The molecule has 2 aromatic heterocycles. The zero-order valence-electron chi connectivity index (χ0n) is 18.3. The molecule has 4 rings (SSSR count). The summed E-state index contributed by atoms with van der Waals surface area (Å²) in [7, 11) is 5.45. The Morgan fingerprint density at radius 2 is 2.00 bits per heavy atom. The molecule has 168 valence electrons. The zero-order valence-corrected chi connectivity index (χ0v) is 18.3. The van der Waals surface area contributed by atoms with Crippen LogP contribution in [0.25, 0.3) is 5.65 Å². The van der Waals surface area contributed by atoms with Gasteiger partial charge in [-0.15, -0.1) is 10.2 Å². The molecule has 0 radical (unpaired) electrons. The second kappa shape index (κ2) is 8.91. The molecule has 0 spiro atoms. The van der Waals surface area contributed by atoms with Gasteiger partial charge in [0, 0.05) is 46.5 Å². The van der Waals surface area contributed by atoms with Gasteiger partial charge in [0.15, 0.2) is 11.5 Å². The summed E-state index contributed by atoms with van der Waals surface area (Å²) in [6.45, 7) is 2.03. The Labute approximate surface area is 185 Å². The number of fused-ring (bicyclic) bond motifs is 1. The predicted molar refractivity (Wildman–Crippen MR) is 117 cm³/mol. The standard InChI is InChI=1S/C22H26FN7O2/c1-27(2)22(32)29-10-9-28(3)18(14-29)20-26-25-19-8-7-16(13-30(19)20)21(31)24-12-15-5-4-6-17(23)11-15/h4-8,11,13,18H,9-10,12,14H2,1-3H3,(H,24,31). The minimum absolute atomic E-state index is 0.0469. The maximum absolute atomic E-state index is 13.4. The number of carbonyl (C=O) groups excluding carboxylic acids is 2. The molecule has 1 fully saturated rings. The number of likely N-dealkylation sites (N-methyl/N-ethyl adjacent to an activating group) is 1. The number of urea groups is 1. The van der Waals surface area contributed by atoms with Gasteiger partial charge in [0.05, 0.1) is 11.6 Å². The second-order valence-electron chi connectivity index (χ2n) is 8.14. The first-order valence-corrected chi connectivity index (χ1v) is 10.4. The van der Waals surface area contributed by atoms with Crippen molar-refractivity contribution < 1.29 is 14.0 Å². The van der Waals surface area contributed by atoms with Crippen LogP contribution >= 0.6 is 0 Å². The predicted octanol–water partition coefficient (Wildman–Crippen LogP) is 1.77. The normalized spacial score (nSPS) is 16.9. The molecule has 3 aromatic rings. The Kier molecular flexibility index (Phi) is 6.04. The van der Waals surface area contributed by atoms with E-state index in [0.717, 1.165) is 0 Å². The Bertz CT molecular complexity index is 1150. The average molecular weight is 439 g/mol. The lowest BCUT2D eigenvalue weighted by molar-refractivity contribution is 0.0932. The van der Waals surface area contributed by atoms with Crippen molar-refractivity contribution in [2.24, 2.45) is 0 Å². The topological polar surface area (TPSA) is 86.1 Å². The largest absolute Gasteiger partial charge is 0.348 e. The van der Waals surface area contributed by atoms with Crippen LogP contribution in [0.4, 0.5) is 9.18 Å². The molecule has 9 nitrogen and oxygen atoms in total. The quantitative estimate of drug-likeness (QED) is 0.670. The van der Waals surface area contributed by atoms with Crippen LogP contribution in [0.15, 0.2) is 42.6 Å². The lowest BCUT2D eigenvalue weighted by Crippen LogP contribution is -2.52. The fourth-order valence-corrected chi connectivity index (χ4v) is 3.81. The fraction of sp³-hybridized carbons (Fsp3) is 0.364. The summed E-state index contributed by atoms with van der Waals surface area (Å²) in [4.78, 5) is 30.6. The molecule has 1 aliphatic heterocycles. The van der Waals surface area contributed by atoms with Crippen LogP contribution in [-0.2, 0) is 6.54 Å². The van der Waals surface area contributed by atoms with E-state index in [1.165, 1.54) is 12.1 Å². The smallest absolute Gasteiger partial charge is 0.319 e. The van der Waals surface area contributed by atoms with Crippen LogP contribution in [0.1, 0.15) is 27.8 Å². The van der Waals surface area contributed by atoms with Crippen LogP contribution in [-0.4, -0.2) is 82.0 Å². The van der Waals surface area contributed by atoms with Crippen molar-refractivity contribution in [2.75, 3.05) is 40.8 Å². The van der Waals surface area contributed by atoms with Gasteiger partial charge in [-0.2, -0.15) is 0 Å². The maximum Gasteiger partial charge on any atom is 0.319 e. The van der Waals surface area contributed by atoms with Crippen LogP contribution in [0.5, 0.6) is 0 Å². The van der Waals surface area contributed by atoms with E-state index in [4.69, 9.17) is 0 Å². The average Bonchev–Trinajstić information content (AvgIpc) is 3.20. The van der Waals surface area contributed by atoms with Crippen molar-refractivity contribution in [1.82, 2.24) is 34.6 Å². The second-order valence-corrected chi connectivity index (χ2v) is 8.14. The highest BCUT2D eigenvalue weighted by molar-refractivity contribution is 5.94. The van der Waals surface area contributed by atoms with E-state index < -0.39 is 0 Å². The molecule has 0 bridgehead atoms. The number of pyridine rings is 1. The van der Waals surface area contributed by atoms with Crippen LogP contribution in [0.2, 0.25) is 0 Å². The third kappa shape index (κ3) is 4.40. The molecule has 0 saturated carbocycles. The summed E-state index contributed by atoms with van der Waals surface area (Å²) in [5, 5.41) is 11.4. The maximum atomic E-state index is 13.4. The van der Waals surface area contributed by atoms with Gasteiger partial charge >= 0.3 is 6.03 Å². The first kappa shape index (κ1) is 21.7. The lowest BCUT2D eigenvalue weighted by Gasteiger charge is -2.39. The summed E-state index contributed by atoms with van der Waals surface area (Å²) in [6.07, 6.45) is 1.70. The first-order valence-electron chi connectivity index (χ1n) is 10.4. The van der Waals surface area contributed by atoms with Gasteiger partial charge in [0.2, 0.25) is 0 Å². The van der Waals surface area contributed by atoms with Gasteiger partial charge in [-0.1, -0.05) is 12.1 Å². The lowest BCUT2D eigenvalue weighted by atomic mass is 10.1. The molecular weight excluding hydrogens is 413 g/mol. The molecule has 0 aliphatic carbocycles. The molecule has 1 saturated heterocycles. The fourth-order valence-electron chi connectivity index (χ4n) is 3.81. The molecule has 1 aromatic carbocycles. The van der Waals surface area contributed by atoms with E-state index in [-0.39, 0.29) is 30.3 Å². The summed E-state index contributed by atoms with van der Waals surface area (Å²) < 4.78 is 15.2. The van der Waals surface area contributed by atoms with Crippen molar-refractivity contribution in [3.63, 3.8) is 0 Å². The molecule has 1 unspecified atom stereocenters. The minimum atomic E-state index is -0.342. The third-order valence-electron chi connectivity index (χ3n) is 5.63. The van der Waals surface area contributed by atoms with Crippen molar-refractivity contribution >= 4 is 17.6 Å². The van der Waals surface area contributed by atoms with Gasteiger partial charge in [-0.05, 0) is 36.9 Å². The number of aromatic nitrogens is 3. The summed E-state index contributed by atoms with van der Waals surface area (Å²) in [5.41, 5.74) is 1.74. The number of piperazine rings is 1. The Hall–Kier alpha value is -3.53. The molecule has 1 aliphatic rings. The van der Waals surface area contributed by atoms with Crippen molar-refractivity contribution in [1.29, 1.82) is 0 Å². The highest BCUT2D eigenvalue weighted by Gasteiger charge is 2.32. The van der Waals surface area contributed by atoms with Gasteiger partial charge in [0.1, 0.15) is 5.82 Å². The van der Waals surface area contributed by atoms with E-state index in [0.29, 0.717) is 42.2 Å². The van der Waals surface area contributed by atoms with E-state index >= 15 is 0 Å². The first-order chi connectivity index (χ1) is 15.3. The number of amides is 3. The van der Waals surface area contributed by atoms with Crippen LogP contribution < -0.4 is 5.32 Å². The van der Waals surface area contributed by atoms with Crippen molar-refractivity contribution in [2.45, 2.75) is 12.6 Å². The third-order valence-corrected chi connectivity index (χ3v) is 5.63. The van der Waals surface area contributed by atoms with Crippen molar-refractivity contribution in [3.05, 3.63) is 65.4 Å². The van der Waals surface area contributed by atoms with Crippen LogP contribution in [0.3, 0.4) is 0 Å². The van der Waals surface area contributed by atoms with Crippen molar-refractivity contribution in [3.8, 4) is 0 Å².